The van der Waals surface area contributed by atoms with Crippen LogP contribution in [0.2, 0.25) is 10.0 Å². The zero-order chi connectivity index (χ0) is 29.1. The summed E-state index contributed by atoms with van der Waals surface area (Å²) in [4.78, 5) is 28.1. The largest absolute Gasteiger partial charge is 0.416 e. The smallest absolute Gasteiger partial charge is 0.355 e. The lowest BCUT2D eigenvalue weighted by Crippen LogP contribution is -2.51. The highest BCUT2D eigenvalue weighted by Gasteiger charge is 2.41. The van der Waals surface area contributed by atoms with Crippen molar-refractivity contribution < 1.29 is 22.8 Å². The Morgan fingerprint density at radius 3 is 2.34 bits per heavy atom. The number of alkyl halides is 3. The molecule has 0 saturated carbocycles. The van der Waals surface area contributed by atoms with Crippen LogP contribution in [0.3, 0.4) is 0 Å². The summed E-state index contributed by atoms with van der Waals surface area (Å²) in [5.74, 6) is -0.796. The van der Waals surface area contributed by atoms with Crippen molar-refractivity contribution in [3.05, 3.63) is 93.5 Å². The van der Waals surface area contributed by atoms with E-state index in [-0.39, 0.29) is 29.7 Å². The number of amides is 2. The van der Waals surface area contributed by atoms with E-state index in [2.05, 4.69) is 20.9 Å². The van der Waals surface area contributed by atoms with Crippen LogP contribution in [0.25, 0.3) is 0 Å². The summed E-state index contributed by atoms with van der Waals surface area (Å²) in [5.41, 5.74) is 1.04. The molecule has 216 valence electrons. The molecule has 0 radical (unpaired) electrons. The number of hydrogen-bond donors (Lipinski definition) is 3. The van der Waals surface area contributed by atoms with Crippen LogP contribution in [0, 0.1) is 0 Å². The first-order valence-electron chi connectivity index (χ1n) is 13.4. The number of rotatable bonds is 8. The average molecular weight is 605 g/mol. The van der Waals surface area contributed by atoms with E-state index in [0.717, 1.165) is 49.9 Å². The second-order valence-electron chi connectivity index (χ2n) is 10.5. The van der Waals surface area contributed by atoms with Gasteiger partial charge in [0.15, 0.2) is 0 Å². The molecule has 2 fully saturated rings. The Morgan fingerprint density at radius 1 is 0.902 bits per heavy atom. The monoisotopic (exact) mass is 604 g/mol. The molecule has 2 atom stereocenters. The van der Waals surface area contributed by atoms with E-state index in [4.69, 9.17) is 23.2 Å². The van der Waals surface area contributed by atoms with Gasteiger partial charge in [0.1, 0.15) is 0 Å². The summed E-state index contributed by atoms with van der Waals surface area (Å²) >= 11 is 12.2. The fourth-order valence-electron chi connectivity index (χ4n) is 5.75. The van der Waals surface area contributed by atoms with Crippen LogP contribution in [0.4, 0.5) is 24.5 Å². The fraction of sp³-hybridized carbons (Fsp3) is 0.333. The summed E-state index contributed by atoms with van der Waals surface area (Å²) in [6.45, 7) is 0.562. The van der Waals surface area contributed by atoms with E-state index < -0.39 is 17.6 Å². The van der Waals surface area contributed by atoms with Gasteiger partial charge in [-0.25, -0.2) is 0 Å². The van der Waals surface area contributed by atoms with Gasteiger partial charge in [-0.2, -0.15) is 13.2 Å². The molecule has 3 aromatic carbocycles. The van der Waals surface area contributed by atoms with Gasteiger partial charge in [-0.1, -0.05) is 47.5 Å². The number of hydrogen-bond acceptors (Lipinski definition) is 4. The molecule has 3 N–H and O–H groups in total. The van der Waals surface area contributed by atoms with Crippen molar-refractivity contribution in [3.63, 3.8) is 0 Å². The van der Waals surface area contributed by atoms with Crippen molar-refractivity contribution in [2.24, 2.45) is 0 Å². The number of anilines is 2. The van der Waals surface area contributed by atoms with Crippen molar-refractivity contribution in [2.45, 2.75) is 56.5 Å². The van der Waals surface area contributed by atoms with Crippen molar-refractivity contribution in [1.82, 2.24) is 15.5 Å². The number of carbonyl (C=O) groups is 2. The van der Waals surface area contributed by atoms with Gasteiger partial charge >= 0.3 is 6.18 Å². The normalized spacial score (nSPS) is 20.5. The molecule has 0 unspecified atom stereocenters. The summed E-state index contributed by atoms with van der Waals surface area (Å²) in [6.07, 6.45) is -0.721. The molecule has 0 spiro atoms. The maximum absolute atomic E-state index is 13.1. The number of piperidine rings is 1. The van der Waals surface area contributed by atoms with Gasteiger partial charge in [-0.15, -0.1) is 0 Å². The zero-order valence-electron chi connectivity index (χ0n) is 22.0. The van der Waals surface area contributed by atoms with Gasteiger partial charge in [0.2, 0.25) is 5.91 Å². The van der Waals surface area contributed by atoms with Crippen molar-refractivity contribution >= 4 is 46.4 Å². The molecule has 2 bridgehead atoms. The van der Waals surface area contributed by atoms with E-state index in [1.54, 1.807) is 24.3 Å². The van der Waals surface area contributed by atoms with E-state index in [9.17, 15) is 22.8 Å². The van der Waals surface area contributed by atoms with Crippen LogP contribution in [-0.4, -0.2) is 41.4 Å². The maximum Gasteiger partial charge on any atom is 0.416 e. The first-order chi connectivity index (χ1) is 19.6. The number of nitrogens with one attached hydrogen (secondary N) is 3. The SMILES string of the molecule is O=C(CNC(=O)c1ccccc1Nc1cccc(C(F)(F)F)c1)NC1C[C@H]2CC[C@H](C1)N2Cc1ccc(Cl)c(Cl)c1. The number of carbonyl (C=O) groups excluding carboxylic acids is 2. The standard InChI is InChI=1S/C30H29Cl2F3N4O2/c31-25-11-8-18(12-26(25)32)17-39-22-9-10-23(39)15-21(14-22)38-28(40)16-36-29(41)24-6-1-2-7-27(24)37-20-5-3-4-19(13-20)30(33,34)35/h1-8,11-13,21-23,37H,9-10,14-17H2,(H,36,41)(H,38,40)/t22-,23-/m1/s1. The topological polar surface area (TPSA) is 73.5 Å². The maximum atomic E-state index is 13.1. The molecule has 41 heavy (non-hydrogen) atoms. The third-order valence-electron chi connectivity index (χ3n) is 7.65. The van der Waals surface area contributed by atoms with Gasteiger partial charge in [0.05, 0.1) is 33.4 Å². The van der Waals surface area contributed by atoms with E-state index in [1.807, 2.05) is 18.2 Å². The van der Waals surface area contributed by atoms with Crippen LogP contribution in [0.15, 0.2) is 66.7 Å². The molecule has 5 rings (SSSR count). The minimum absolute atomic E-state index is 0.0109. The fourth-order valence-corrected chi connectivity index (χ4v) is 6.07. The van der Waals surface area contributed by atoms with Gasteiger partial charge in [0, 0.05) is 30.4 Å². The molecule has 2 aliphatic rings. The predicted molar refractivity (Wildman–Crippen MR) is 153 cm³/mol. The van der Waals surface area contributed by atoms with Crippen molar-refractivity contribution in [3.8, 4) is 0 Å². The Kier molecular flexibility index (Phi) is 8.77. The molecule has 11 heteroatoms. The van der Waals surface area contributed by atoms with Gasteiger partial charge in [-0.05, 0) is 73.7 Å². The van der Waals surface area contributed by atoms with Crippen LogP contribution in [-0.2, 0) is 17.5 Å². The molecule has 2 heterocycles. The lowest BCUT2D eigenvalue weighted by molar-refractivity contribution is -0.137. The quantitative estimate of drug-likeness (QED) is 0.264. The Balaban J connectivity index is 1.14. The predicted octanol–water partition coefficient (Wildman–Crippen LogP) is 6.80. The van der Waals surface area contributed by atoms with Crippen LogP contribution in [0.5, 0.6) is 0 Å². The number of para-hydroxylation sites is 1. The first kappa shape index (κ1) is 29.2. The molecular weight excluding hydrogens is 576 g/mol. The van der Waals surface area contributed by atoms with E-state index in [0.29, 0.717) is 27.8 Å². The number of fused-ring (bicyclic) bond motifs is 2. The second kappa shape index (κ2) is 12.3. The highest BCUT2D eigenvalue weighted by Crippen LogP contribution is 2.37. The van der Waals surface area contributed by atoms with Gasteiger partial charge in [0.25, 0.3) is 5.91 Å². The minimum atomic E-state index is -4.48. The summed E-state index contributed by atoms with van der Waals surface area (Å²) in [6, 6.07) is 17.6. The van der Waals surface area contributed by atoms with Gasteiger partial charge in [-0.3, -0.25) is 14.5 Å². The second-order valence-corrected chi connectivity index (χ2v) is 11.3. The van der Waals surface area contributed by atoms with E-state index in [1.165, 1.54) is 12.1 Å². The Labute approximate surface area is 246 Å². The van der Waals surface area contributed by atoms with Crippen LogP contribution >= 0.6 is 23.2 Å². The lowest BCUT2D eigenvalue weighted by atomic mass is 9.96. The highest BCUT2D eigenvalue weighted by atomic mass is 35.5. The Hall–Kier alpha value is -3.27. The van der Waals surface area contributed by atoms with E-state index >= 15 is 0 Å². The summed E-state index contributed by atoms with van der Waals surface area (Å²) in [5, 5.41) is 9.65. The number of nitrogens with zero attached hydrogens (tertiary/aromatic N) is 1. The molecule has 3 aromatic rings. The van der Waals surface area contributed by atoms with Crippen LogP contribution in [0.1, 0.15) is 47.2 Å². The molecule has 0 aliphatic carbocycles. The molecule has 0 aromatic heterocycles. The Morgan fingerprint density at radius 2 is 1.63 bits per heavy atom. The van der Waals surface area contributed by atoms with Crippen molar-refractivity contribution in [2.75, 3.05) is 11.9 Å². The average Bonchev–Trinajstić information content (AvgIpc) is 3.16. The molecule has 6 nitrogen and oxygen atoms in total. The number of benzene rings is 3. The summed E-state index contributed by atoms with van der Waals surface area (Å²) < 4.78 is 39.3. The lowest BCUT2D eigenvalue weighted by Gasteiger charge is -2.39. The Bertz CT molecular complexity index is 1420. The summed E-state index contributed by atoms with van der Waals surface area (Å²) in [7, 11) is 0. The third kappa shape index (κ3) is 7.15. The highest BCUT2D eigenvalue weighted by molar-refractivity contribution is 6.42. The molecular formula is C30H29Cl2F3N4O2. The van der Waals surface area contributed by atoms with Crippen LogP contribution < -0.4 is 16.0 Å². The number of halogens is 5. The molecule has 2 saturated heterocycles. The van der Waals surface area contributed by atoms with Crippen molar-refractivity contribution in [1.29, 1.82) is 0 Å². The third-order valence-corrected chi connectivity index (χ3v) is 8.39. The molecule has 2 aliphatic heterocycles. The molecule has 2 amide bonds. The first-order valence-corrected chi connectivity index (χ1v) is 14.1. The minimum Gasteiger partial charge on any atom is -0.355 e. The zero-order valence-corrected chi connectivity index (χ0v) is 23.5. The van der Waals surface area contributed by atoms with Gasteiger partial charge < -0.3 is 16.0 Å².